The van der Waals surface area contributed by atoms with E-state index in [1.54, 1.807) is 60.7 Å². The highest BCUT2D eigenvalue weighted by Crippen LogP contribution is 2.36. The third-order valence-corrected chi connectivity index (χ3v) is 8.10. The average Bonchev–Trinajstić information content (AvgIpc) is 3.32. The van der Waals surface area contributed by atoms with Crippen molar-refractivity contribution in [3.05, 3.63) is 107 Å². The van der Waals surface area contributed by atoms with E-state index in [9.17, 15) is 24.4 Å². The van der Waals surface area contributed by atoms with E-state index in [0.717, 1.165) is 22.2 Å². The molecule has 1 aromatic heterocycles. The van der Waals surface area contributed by atoms with E-state index in [1.807, 2.05) is 6.92 Å². The van der Waals surface area contributed by atoms with E-state index >= 15 is 0 Å². The number of ketones is 1. The first-order valence-corrected chi connectivity index (χ1v) is 14.8. The number of thioether (sulfide) groups is 1. The Hall–Kier alpha value is -4.98. The summed E-state index contributed by atoms with van der Waals surface area (Å²) in [6.45, 7) is 1.91. The minimum Gasteiger partial charge on any atom is -0.494 e. The molecule has 11 heteroatoms. The Morgan fingerprint density at radius 2 is 1.66 bits per heavy atom. The van der Waals surface area contributed by atoms with Crippen molar-refractivity contribution in [3.63, 3.8) is 0 Å². The summed E-state index contributed by atoms with van der Waals surface area (Å²) in [5.41, 5.74) is 2.49. The highest BCUT2D eigenvalue weighted by atomic mass is 35.5. The van der Waals surface area contributed by atoms with Gasteiger partial charge in [0, 0.05) is 22.6 Å². The number of ether oxygens (including phenoxy) is 2. The second kappa shape index (κ2) is 13.5. The van der Waals surface area contributed by atoms with Crippen molar-refractivity contribution in [2.45, 2.75) is 23.6 Å². The number of nitriles is 1. The number of Topliss-reactive ketones (excluding diaryl/α,β-unsaturated/α-hetero) is 1. The van der Waals surface area contributed by atoms with E-state index in [2.05, 4.69) is 11.1 Å². The van der Waals surface area contributed by atoms with Crippen molar-refractivity contribution in [3.8, 4) is 23.1 Å². The molecule has 3 aromatic carbocycles. The molecule has 0 saturated carbocycles. The molecule has 1 atom stereocenters. The van der Waals surface area contributed by atoms with Crippen molar-refractivity contribution < 1.29 is 28.7 Å². The summed E-state index contributed by atoms with van der Waals surface area (Å²) in [5.74, 6) is -1.34. The lowest BCUT2D eigenvalue weighted by atomic mass is 10.1. The molecule has 0 radical (unpaired) electrons. The van der Waals surface area contributed by atoms with Crippen LogP contribution >= 0.6 is 23.4 Å². The van der Waals surface area contributed by atoms with Crippen LogP contribution in [0.5, 0.6) is 5.75 Å². The predicted octanol–water partition coefficient (Wildman–Crippen LogP) is 6.14. The number of aromatic nitrogens is 1. The lowest BCUT2D eigenvalue weighted by Gasteiger charge is -2.15. The van der Waals surface area contributed by atoms with Crippen molar-refractivity contribution in [2.24, 2.45) is 0 Å². The summed E-state index contributed by atoms with van der Waals surface area (Å²) in [6, 6.07) is 24.8. The number of hydrogen-bond acceptors (Lipinski definition) is 9. The summed E-state index contributed by atoms with van der Waals surface area (Å²) < 4.78 is 10.5. The minimum atomic E-state index is -0.791. The highest BCUT2D eigenvalue weighted by molar-refractivity contribution is 8.00. The third-order valence-electron chi connectivity index (χ3n) is 6.66. The fourth-order valence-electron chi connectivity index (χ4n) is 4.45. The zero-order valence-corrected chi connectivity index (χ0v) is 24.9. The Balaban J connectivity index is 1.23. The van der Waals surface area contributed by atoms with Crippen LogP contribution in [0.1, 0.15) is 39.6 Å². The van der Waals surface area contributed by atoms with Crippen LogP contribution in [-0.4, -0.2) is 47.0 Å². The molecule has 1 aliphatic rings. The van der Waals surface area contributed by atoms with Gasteiger partial charge in [-0.1, -0.05) is 35.5 Å². The van der Waals surface area contributed by atoms with Crippen molar-refractivity contribution in [2.75, 3.05) is 18.1 Å². The minimum absolute atomic E-state index is 0.0846. The number of amides is 2. The second-order valence-corrected chi connectivity index (χ2v) is 11.2. The smallest absolute Gasteiger partial charge is 0.338 e. The zero-order valence-electron chi connectivity index (χ0n) is 23.4. The summed E-state index contributed by atoms with van der Waals surface area (Å²) >= 11 is 7.05. The first-order valence-electron chi connectivity index (χ1n) is 13.5. The molecule has 2 amide bonds. The molecule has 9 nitrogen and oxygen atoms in total. The number of esters is 1. The standard InChI is InChI=1S/C33H24ClN3O6S/c1-2-42-26-14-7-21(8-15-26)28(38)19-43-33(41)22-5-12-25(13-6-22)37-30(39)17-29(32(37)40)44-31-23(18-35)9-16-27(36-31)20-3-10-24(34)11-4-20/h3-16,29H,2,17,19H2,1H3. The van der Waals surface area contributed by atoms with Gasteiger partial charge in [0.05, 0.1) is 34.4 Å². The van der Waals surface area contributed by atoms with Crippen LogP contribution in [0.3, 0.4) is 0 Å². The summed E-state index contributed by atoms with van der Waals surface area (Å²) in [4.78, 5) is 56.9. The summed E-state index contributed by atoms with van der Waals surface area (Å²) in [6.07, 6.45) is -0.0846. The molecule has 1 aliphatic heterocycles. The second-order valence-electron chi connectivity index (χ2n) is 9.55. The van der Waals surface area contributed by atoms with Crippen LogP contribution in [-0.2, 0) is 14.3 Å². The Morgan fingerprint density at radius 1 is 0.977 bits per heavy atom. The number of imide groups is 1. The molecule has 0 bridgehead atoms. The predicted molar refractivity (Wildman–Crippen MR) is 165 cm³/mol. The molecular weight excluding hydrogens is 602 g/mol. The van der Waals surface area contributed by atoms with Gasteiger partial charge >= 0.3 is 5.97 Å². The topological polar surface area (TPSA) is 127 Å². The van der Waals surface area contributed by atoms with Crippen LogP contribution in [0.4, 0.5) is 5.69 Å². The molecule has 1 unspecified atom stereocenters. The van der Waals surface area contributed by atoms with Gasteiger partial charge in [-0.3, -0.25) is 14.4 Å². The molecule has 2 heterocycles. The normalized spacial score (nSPS) is 14.3. The molecule has 1 fully saturated rings. The Morgan fingerprint density at radius 3 is 2.32 bits per heavy atom. The van der Waals surface area contributed by atoms with Crippen LogP contribution in [0.25, 0.3) is 11.3 Å². The molecule has 0 N–H and O–H groups in total. The first-order chi connectivity index (χ1) is 21.3. The van der Waals surface area contributed by atoms with Gasteiger partial charge in [0.25, 0.3) is 0 Å². The number of halogens is 1. The molecule has 4 aromatic rings. The van der Waals surface area contributed by atoms with E-state index in [-0.39, 0.29) is 29.0 Å². The summed E-state index contributed by atoms with van der Waals surface area (Å²) in [5, 5.41) is 9.74. The van der Waals surface area contributed by atoms with Gasteiger partial charge in [0.2, 0.25) is 11.8 Å². The van der Waals surface area contributed by atoms with Crippen LogP contribution in [0.2, 0.25) is 5.02 Å². The van der Waals surface area contributed by atoms with E-state index in [1.165, 1.54) is 24.3 Å². The maximum absolute atomic E-state index is 13.3. The van der Waals surface area contributed by atoms with Crippen molar-refractivity contribution >= 4 is 52.6 Å². The first kappa shape index (κ1) is 30.5. The number of rotatable bonds is 10. The summed E-state index contributed by atoms with van der Waals surface area (Å²) in [7, 11) is 0. The SMILES string of the molecule is CCOc1ccc(C(=O)COC(=O)c2ccc(N3C(=O)CC(Sc4nc(-c5ccc(Cl)cc5)ccc4C#N)C3=O)cc2)cc1. The monoisotopic (exact) mass is 625 g/mol. The van der Waals surface area contributed by atoms with Crippen LogP contribution in [0.15, 0.2) is 90.0 Å². The highest BCUT2D eigenvalue weighted by Gasteiger charge is 2.41. The fraction of sp³-hybridized carbons (Fsp3) is 0.152. The van der Waals surface area contributed by atoms with Crippen molar-refractivity contribution in [1.82, 2.24) is 4.98 Å². The number of carbonyl (C=O) groups excluding carboxylic acids is 4. The number of anilines is 1. The van der Waals surface area contributed by atoms with E-state index in [4.69, 9.17) is 21.1 Å². The molecule has 44 heavy (non-hydrogen) atoms. The zero-order chi connectivity index (χ0) is 31.2. The quantitative estimate of drug-likeness (QED) is 0.116. The molecular formula is C33H24ClN3O6S. The maximum Gasteiger partial charge on any atom is 0.338 e. The number of benzene rings is 3. The van der Waals surface area contributed by atoms with Crippen molar-refractivity contribution in [1.29, 1.82) is 5.26 Å². The van der Waals surface area contributed by atoms with Gasteiger partial charge in [-0.2, -0.15) is 5.26 Å². The molecule has 5 rings (SSSR count). The lowest BCUT2D eigenvalue weighted by Crippen LogP contribution is -2.31. The molecule has 1 saturated heterocycles. The Labute approximate surface area is 262 Å². The van der Waals surface area contributed by atoms with Gasteiger partial charge < -0.3 is 9.47 Å². The van der Waals surface area contributed by atoms with Gasteiger partial charge in [0.1, 0.15) is 16.8 Å². The van der Waals surface area contributed by atoms with Gasteiger partial charge in [-0.15, -0.1) is 0 Å². The van der Waals surface area contributed by atoms with Gasteiger partial charge in [-0.05, 0) is 79.7 Å². The number of carbonyl (C=O) groups is 4. The lowest BCUT2D eigenvalue weighted by molar-refractivity contribution is -0.121. The number of pyridine rings is 1. The third kappa shape index (κ3) is 6.80. The van der Waals surface area contributed by atoms with Gasteiger partial charge in [0.15, 0.2) is 12.4 Å². The molecule has 0 aliphatic carbocycles. The number of hydrogen-bond donors (Lipinski definition) is 0. The van der Waals surface area contributed by atoms with Crippen LogP contribution in [0, 0.1) is 11.3 Å². The maximum atomic E-state index is 13.3. The fourth-order valence-corrected chi connectivity index (χ4v) is 5.67. The Kier molecular flexibility index (Phi) is 9.38. The molecule has 0 spiro atoms. The van der Waals surface area contributed by atoms with Gasteiger partial charge in [-0.25, -0.2) is 14.7 Å². The molecule has 220 valence electrons. The van der Waals surface area contributed by atoms with E-state index < -0.39 is 29.6 Å². The van der Waals surface area contributed by atoms with Crippen LogP contribution < -0.4 is 9.64 Å². The number of nitrogens with zero attached hydrogens (tertiary/aromatic N) is 3. The van der Waals surface area contributed by atoms with E-state index in [0.29, 0.717) is 33.7 Å². The largest absolute Gasteiger partial charge is 0.494 e. The Bertz CT molecular complexity index is 1770. The average molecular weight is 626 g/mol.